The van der Waals surface area contributed by atoms with Gasteiger partial charge < -0.3 is 19.3 Å². The van der Waals surface area contributed by atoms with E-state index in [2.05, 4.69) is 0 Å². The normalized spacial score (nSPS) is 17.0. The Hall–Kier alpha value is -2.69. The van der Waals surface area contributed by atoms with Gasteiger partial charge in [0.05, 0.1) is 21.3 Å². The molecule has 1 unspecified atom stereocenters. The fraction of sp³-hybridized carbons (Fsp3) is 0.278. The fourth-order valence-corrected chi connectivity index (χ4v) is 2.31. The van der Waals surface area contributed by atoms with Gasteiger partial charge in [0.2, 0.25) is 0 Å². The average molecular weight is 316 g/mol. The first-order chi connectivity index (χ1) is 11.1. The van der Waals surface area contributed by atoms with E-state index < -0.39 is 0 Å². The van der Waals surface area contributed by atoms with Crippen molar-refractivity contribution in [2.24, 2.45) is 5.92 Å². The molecule has 5 nitrogen and oxygen atoms in total. The smallest absolute Gasteiger partial charge is 0.193 e. The number of methoxy groups -OCH3 is 3. The van der Waals surface area contributed by atoms with Crippen molar-refractivity contribution in [1.29, 1.82) is 0 Å². The van der Waals surface area contributed by atoms with E-state index in [1.165, 1.54) is 26.4 Å². The van der Waals surface area contributed by atoms with Gasteiger partial charge in [0.1, 0.15) is 28.6 Å². The number of allylic oxidation sites excluding steroid dienone is 5. The van der Waals surface area contributed by atoms with Gasteiger partial charge in [-0.15, -0.1) is 0 Å². The van der Waals surface area contributed by atoms with Gasteiger partial charge in [-0.2, -0.15) is 0 Å². The van der Waals surface area contributed by atoms with E-state index in [1.807, 2.05) is 18.2 Å². The van der Waals surface area contributed by atoms with Gasteiger partial charge in [-0.25, -0.2) is 0 Å². The summed E-state index contributed by atoms with van der Waals surface area (Å²) in [5, 5.41) is 10.1. The highest BCUT2D eigenvalue weighted by atomic mass is 16.5. The van der Waals surface area contributed by atoms with Crippen molar-refractivity contribution in [1.82, 2.24) is 0 Å². The molecule has 0 aromatic heterocycles. The third-order valence-electron chi connectivity index (χ3n) is 3.59. The molecule has 1 aliphatic rings. The molecule has 0 heterocycles. The van der Waals surface area contributed by atoms with Gasteiger partial charge in [0, 0.05) is 12.1 Å². The Morgan fingerprint density at radius 1 is 1.22 bits per heavy atom. The first-order valence-corrected chi connectivity index (χ1v) is 7.19. The standard InChI is InChI=1S/C18H20O5/c1-21-13-7-4-12(5-8-13)6-9-15(19)18-16(20)10-14(22-2)11-17(18)23-3/h4,6-12,20H,5H2,1-3H3. The van der Waals surface area contributed by atoms with Gasteiger partial charge >= 0.3 is 0 Å². The zero-order valence-corrected chi connectivity index (χ0v) is 13.4. The van der Waals surface area contributed by atoms with Crippen molar-refractivity contribution in [3.63, 3.8) is 0 Å². The second-order valence-electron chi connectivity index (χ2n) is 5.02. The summed E-state index contributed by atoms with van der Waals surface area (Å²) in [5.74, 6) is 1.14. The Balaban J connectivity index is 2.17. The zero-order valence-electron chi connectivity index (χ0n) is 13.4. The van der Waals surface area contributed by atoms with Gasteiger partial charge in [-0.05, 0) is 30.6 Å². The molecule has 2 rings (SSSR count). The Kier molecular flexibility index (Phi) is 5.46. The van der Waals surface area contributed by atoms with Crippen molar-refractivity contribution >= 4 is 5.78 Å². The zero-order chi connectivity index (χ0) is 16.8. The molecular weight excluding hydrogens is 296 g/mol. The molecule has 5 heteroatoms. The number of aromatic hydroxyl groups is 1. The third-order valence-corrected chi connectivity index (χ3v) is 3.59. The molecule has 23 heavy (non-hydrogen) atoms. The van der Waals surface area contributed by atoms with Crippen LogP contribution in [0.1, 0.15) is 16.8 Å². The number of ketones is 1. The lowest BCUT2D eigenvalue weighted by molar-refractivity contribution is 0.104. The van der Waals surface area contributed by atoms with Crippen LogP contribution >= 0.6 is 0 Å². The van der Waals surface area contributed by atoms with Crippen LogP contribution in [-0.4, -0.2) is 32.2 Å². The van der Waals surface area contributed by atoms with Crippen LogP contribution in [0.3, 0.4) is 0 Å². The highest BCUT2D eigenvalue weighted by Crippen LogP contribution is 2.34. The second-order valence-corrected chi connectivity index (χ2v) is 5.02. The van der Waals surface area contributed by atoms with Crippen LogP contribution < -0.4 is 9.47 Å². The van der Waals surface area contributed by atoms with Crippen LogP contribution in [0.2, 0.25) is 0 Å². The monoisotopic (exact) mass is 316 g/mol. The minimum Gasteiger partial charge on any atom is -0.507 e. The minimum absolute atomic E-state index is 0.115. The lowest BCUT2D eigenvalue weighted by atomic mass is 9.98. The molecule has 0 spiro atoms. The topological polar surface area (TPSA) is 65.0 Å². The third kappa shape index (κ3) is 3.94. The first kappa shape index (κ1) is 16.7. The van der Waals surface area contributed by atoms with Crippen LogP contribution in [0.5, 0.6) is 17.2 Å². The predicted molar refractivity (Wildman–Crippen MR) is 87.0 cm³/mol. The van der Waals surface area contributed by atoms with Crippen molar-refractivity contribution in [2.45, 2.75) is 6.42 Å². The first-order valence-electron chi connectivity index (χ1n) is 7.19. The predicted octanol–water partition coefficient (Wildman–Crippen LogP) is 3.25. The molecule has 1 aromatic carbocycles. The lowest BCUT2D eigenvalue weighted by Gasteiger charge is -2.12. The maximum absolute atomic E-state index is 12.4. The summed E-state index contributed by atoms with van der Waals surface area (Å²) in [5.41, 5.74) is 0.123. The summed E-state index contributed by atoms with van der Waals surface area (Å²) in [4.78, 5) is 12.4. The average Bonchev–Trinajstić information content (AvgIpc) is 2.59. The van der Waals surface area contributed by atoms with Gasteiger partial charge in [0.25, 0.3) is 0 Å². The maximum atomic E-state index is 12.4. The number of phenols is 1. The maximum Gasteiger partial charge on any atom is 0.193 e. The summed E-state index contributed by atoms with van der Waals surface area (Å²) < 4.78 is 15.4. The molecule has 0 saturated carbocycles. The SMILES string of the molecule is COC1=CCC(C=CC(=O)c2c(O)cc(OC)cc2OC)C=C1. The van der Waals surface area contributed by atoms with Crippen molar-refractivity contribution in [2.75, 3.05) is 21.3 Å². The van der Waals surface area contributed by atoms with E-state index in [1.54, 1.807) is 19.3 Å². The fourth-order valence-electron chi connectivity index (χ4n) is 2.31. The Morgan fingerprint density at radius 3 is 2.57 bits per heavy atom. The Bertz CT molecular complexity index is 670. The molecule has 0 radical (unpaired) electrons. The summed E-state index contributed by atoms with van der Waals surface area (Å²) in [7, 11) is 4.54. The van der Waals surface area contributed by atoms with Crippen LogP contribution in [0.25, 0.3) is 0 Å². The number of hydrogen-bond acceptors (Lipinski definition) is 5. The molecule has 1 aromatic rings. The summed E-state index contributed by atoms with van der Waals surface area (Å²) >= 11 is 0. The van der Waals surface area contributed by atoms with Crippen molar-refractivity contribution < 1.29 is 24.1 Å². The summed E-state index contributed by atoms with van der Waals surface area (Å²) in [6, 6.07) is 2.95. The number of benzene rings is 1. The van der Waals surface area contributed by atoms with Gasteiger partial charge in [-0.3, -0.25) is 4.79 Å². The highest BCUT2D eigenvalue weighted by molar-refractivity contribution is 6.08. The van der Waals surface area contributed by atoms with Gasteiger partial charge in [-0.1, -0.05) is 12.2 Å². The Morgan fingerprint density at radius 2 is 2.00 bits per heavy atom. The molecule has 0 saturated heterocycles. The molecule has 0 amide bonds. The van der Waals surface area contributed by atoms with Crippen LogP contribution in [-0.2, 0) is 4.74 Å². The van der Waals surface area contributed by atoms with E-state index in [9.17, 15) is 9.90 Å². The quantitative estimate of drug-likeness (QED) is 0.644. The van der Waals surface area contributed by atoms with E-state index in [0.29, 0.717) is 5.75 Å². The van der Waals surface area contributed by atoms with E-state index in [4.69, 9.17) is 14.2 Å². The molecule has 1 aliphatic carbocycles. The molecule has 1 N–H and O–H groups in total. The molecule has 0 fully saturated rings. The highest BCUT2D eigenvalue weighted by Gasteiger charge is 2.17. The number of ether oxygens (including phenoxy) is 3. The molecule has 0 bridgehead atoms. The molecule has 1 atom stereocenters. The van der Waals surface area contributed by atoms with Crippen molar-refractivity contribution in [3.05, 3.63) is 53.8 Å². The largest absolute Gasteiger partial charge is 0.507 e. The molecule has 0 aliphatic heterocycles. The number of rotatable bonds is 6. The summed E-state index contributed by atoms with van der Waals surface area (Å²) in [6.45, 7) is 0. The lowest BCUT2D eigenvalue weighted by Crippen LogP contribution is -2.02. The number of carbonyl (C=O) groups excluding carboxylic acids is 1. The molecular formula is C18H20O5. The van der Waals surface area contributed by atoms with Crippen LogP contribution in [0, 0.1) is 5.92 Å². The Labute approximate surface area is 135 Å². The second kappa shape index (κ2) is 7.54. The van der Waals surface area contributed by atoms with Gasteiger partial charge in [0.15, 0.2) is 5.78 Å². The van der Waals surface area contributed by atoms with Crippen LogP contribution in [0.15, 0.2) is 48.3 Å². The number of phenolic OH excluding ortho intramolecular Hbond substituents is 1. The minimum atomic E-state index is -0.322. The number of hydrogen-bond donors (Lipinski definition) is 1. The van der Waals surface area contributed by atoms with E-state index in [0.717, 1.165) is 12.2 Å². The summed E-state index contributed by atoms with van der Waals surface area (Å²) in [6.07, 6.45) is 9.80. The van der Waals surface area contributed by atoms with Crippen LogP contribution in [0.4, 0.5) is 0 Å². The van der Waals surface area contributed by atoms with Crippen molar-refractivity contribution in [3.8, 4) is 17.2 Å². The number of carbonyl (C=O) groups is 1. The molecule has 122 valence electrons. The van der Waals surface area contributed by atoms with E-state index >= 15 is 0 Å². The van der Waals surface area contributed by atoms with E-state index in [-0.39, 0.29) is 28.8 Å².